The Labute approximate surface area is 89.9 Å². The van der Waals surface area contributed by atoms with Gasteiger partial charge >= 0.3 is 5.97 Å². The number of anilines is 1. The highest BCUT2D eigenvalue weighted by atomic mass is 16.4. The van der Waals surface area contributed by atoms with E-state index in [1.165, 1.54) is 0 Å². The van der Waals surface area contributed by atoms with Crippen molar-refractivity contribution in [2.45, 2.75) is 32.6 Å². The second-order valence-electron chi connectivity index (χ2n) is 3.97. The number of nitrogens with two attached hydrogens (primary N) is 1. The van der Waals surface area contributed by atoms with Gasteiger partial charge < -0.3 is 10.8 Å². The number of hydrogen-bond acceptors (Lipinski definition) is 2. The molecule has 1 aromatic carbocycles. The third kappa shape index (κ3) is 2.98. The molecule has 0 aromatic heterocycles. The van der Waals surface area contributed by atoms with E-state index in [2.05, 4.69) is 13.8 Å². The maximum atomic E-state index is 10.5. The van der Waals surface area contributed by atoms with Gasteiger partial charge in [-0.3, -0.25) is 4.79 Å². The lowest BCUT2D eigenvalue weighted by Crippen LogP contribution is -2.04. The molecule has 0 fully saturated rings. The van der Waals surface area contributed by atoms with Crippen LogP contribution in [0.4, 0.5) is 5.69 Å². The van der Waals surface area contributed by atoms with Crippen LogP contribution < -0.4 is 5.73 Å². The van der Waals surface area contributed by atoms with E-state index < -0.39 is 5.97 Å². The molecule has 0 unspecified atom stereocenters. The second-order valence-corrected chi connectivity index (χ2v) is 3.97. The monoisotopic (exact) mass is 207 g/mol. The fourth-order valence-electron chi connectivity index (χ4n) is 1.60. The minimum Gasteiger partial charge on any atom is -0.481 e. The molecule has 15 heavy (non-hydrogen) atoms. The predicted octanol–water partition coefficient (Wildman–Crippen LogP) is 2.41. The second kappa shape index (κ2) is 4.82. The van der Waals surface area contributed by atoms with Crippen molar-refractivity contribution in [3.05, 3.63) is 29.3 Å². The van der Waals surface area contributed by atoms with E-state index >= 15 is 0 Å². The number of rotatable bonds is 4. The first-order valence-corrected chi connectivity index (χ1v) is 5.11. The van der Waals surface area contributed by atoms with E-state index in [9.17, 15) is 4.79 Å². The highest BCUT2D eigenvalue weighted by molar-refractivity contribution is 5.68. The van der Waals surface area contributed by atoms with Crippen molar-refractivity contribution in [1.82, 2.24) is 0 Å². The number of carboxylic acids is 1. The maximum absolute atomic E-state index is 10.5. The van der Waals surface area contributed by atoms with E-state index in [0.29, 0.717) is 12.3 Å². The molecular formula is C12H17NO2. The number of nitrogen functional groups attached to an aromatic ring is 1. The molecule has 3 heteroatoms. The minimum absolute atomic E-state index is 0.131. The van der Waals surface area contributed by atoms with Crippen LogP contribution in [-0.4, -0.2) is 11.1 Å². The Morgan fingerprint density at radius 1 is 1.47 bits per heavy atom. The van der Waals surface area contributed by atoms with Gasteiger partial charge in [0.1, 0.15) is 0 Å². The van der Waals surface area contributed by atoms with Crippen LogP contribution in [-0.2, 0) is 11.2 Å². The molecule has 0 radical (unpaired) electrons. The average Bonchev–Trinajstić information content (AvgIpc) is 2.15. The summed E-state index contributed by atoms with van der Waals surface area (Å²) < 4.78 is 0. The van der Waals surface area contributed by atoms with Crippen LogP contribution in [0.1, 0.15) is 37.3 Å². The molecular weight excluding hydrogens is 190 g/mol. The molecule has 0 atom stereocenters. The van der Waals surface area contributed by atoms with E-state index in [-0.39, 0.29) is 6.42 Å². The Balaban J connectivity index is 2.89. The van der Waals surface area contributed by atoms with Crippen molar-refractivity contribution < 1.29 is 9.90 Å². The molecule has 1 aromatic rings. The smallest absolute Gasteiger partial charge is 0.303 e. The molecule has 82 valence electrons. The van der Waals surface area contributed by atoms with E-state index in [0.717, 1.165) is 16.8 Å². The molecule has 0 saturated heterocycles. The summed E-state index contributed by atoms with van der Waals surface area (Å²) >= 11 is 0. The van der Waals surface area contributed by atoms with Gasteiger partial charge in [0, 0.05) is 12.1 Å². The van der Waals surface area contributed by atoms with Gasteiger partial charge in [0.05, 0.1) is 0 Å². The van der Waals surface area contributed by atoms with E-state index in [1.807, 2.05) is 18.2 Å². The van der Waals surface area contributed by atoms with Crippen molar-refractivity contribution in [1.29, 1.82) is 0 Å². The van der Waals surface area contributed by atoms with Crippen LogP contribution in [0.5, 0.6) is 0 Å². The zero-order chi connectivity index (χ0) is 11.4. The van der Waals surface area contributed by atoms with Crippen LogP contribution in [0.3, 0.4) is 0 Å². The van der Waals surface area contributed by atoms with Crippen molar-refractivity contribution in [3.63, 3.8) is 0 Å². The van der Waals surface area contributed by atoms with Crippen molar-refractivity contribution in [2.75, 3.05) is 5.73 Å². The maximum Gasteiger partial charge on any atom is 0.303 e. The van der Waals surface area contributed by atoms with Crippen LogP contribution in [0.2, 0.25) is 0 Å². The number of carbonyl (C=O) groups is 1. The molecule has 0 amide bonds. The van der Waals surface area contributed by atoms with Gasteiger partial charge in [0.2, 0.25) is 0 Å². The summed E-state index contributed by atoms with van der Waals surface area (Å²) in [4.78, 5) is 10.5. The topological polar surface area (TPSA) is 63.3 Å². The fraction of sp³-hybridized carbons (Fsp3) is 0.417. The van der Waals surface area contributed by atoms with Gasteiger partial charge in [0.15, 0.2) is 0 Å². The highest BCUT2D eigenvalue weighted by Crippen LogP contribution is 2.25. The Kier molecular flexibility index (Phi) is 3.72. The van der Waals surface area contributed by atoms with Crippen LogP contribution in [0.25, 0.3) is 0 Å². The molecule has 0 heterocycles. The van der Waals surface area contributed by atoms with Crippen molar-refractivity contribution >= 4 is 11.7 Å². The Bertz CT molecular complexity index is 359. The van der Waals surface area contributed by atoms with Crippen molar-refractivity contribution in [2.24, 2.45) is 0 Å². The summed E-state index contributed by atoms with van der Waals surface area (Å²) in [5.74, 6) is -0.417. The third-order valence-electron chi connectivity index (χ3n) is 2.46. The predicted molar refractivity (Wildman–Crippen MR) is 60.9 cm³/mol. The summed E-state index contributed by atoms with van der Waals surface area (Å²) in [7, 11) is 0. The highest BCUT2D eigenvalue weighted by Gasteiger charge is 2.08. The number of aryl methyl sites for hydroxylation is 1. The quantitative estimate of drug-likeness (QED) is 0.745. The molecule has 0 aliphatic carbocycles. The van der Waals surface area contributed by atoms with E-state index in [4.69, 9.17) is 10.8 Å². The number of aliphatic carboxylic acids is 1. The number of para-hydroxylation sites is 1. The first kappa shape index (κ1) is 11.6. The lowest BCUT2D eigenvalue weighted by atomic mass is 9.96. The summed E-state index contributed by atoms with van der Waals surface area (Å²) in [6, 6.07) is 5.82. The number of hydrogen-bond donors (Lipinski definition) is 2. The van der Waals surface area contributed by atoms with E-state index in [1.54, 1.807) is 0 Å². The molecule has 3 N–H and O–H groups in total. The average molecular weight is 207 g/mol. The molecule has 0 saturated carbocycles. The van der Waals surface area contributed by atoms with Gasteiger partial charge in [-0.15, -0.1) is 0 Å². The normalized spacial score (nSPS) is 10.6. The van der Waals surface area contributed by atoms with Gasteiger partial charge in [-0.2, -0.15) is 0 Å². The first-order chi connectivity index (χ1) is 7.02. The summed E-state index contributed by atoms with van der Waals surface area (Å²) in [6.07, 6.45) is 0.632. The lowest BCUT2D eigenvalue weighted by molar-refractivity contribution is -0.136. The minimum atomic E-state index is -0.788. The summed E-state index contributed by atoms with van der Waals surface area (Å²) in [5.41, 5.74) is 8.75. The zero-order valence-electron chi connectivity index (χ0n) is 9.16. The van der Waals surface area contributed by atoms with Gasteiger partial charge in [-0.1, -0.05) is 32.0 Å². The number of carboxylic acid groups (broad SMARTS) is 1. The summed E-state index contributed by atoms with van der Waals surface area (Å²) in [6.45, 7) is 4.15. The lowest BCUT2D eigenvalue weighted by Gasteiger charge is -2.12. The van der Waals surface area contributed by atoms with Gasteiger partial charge in [-0.05, 0) is 23.5 Å². The Morgan fingerprint density at radius 2 is 2.13 bits per heavy atom. The van der Waals surface area contributed by atoms with Gasteiger partial charge in [-0.25, -0.2) is 0 Å². The molecule has 0 aliphatic rings. The molecule has 3 nitrogen and oxygen atoms in total. The van der Waals surface area contributed by atoms with Crippen LogP contribution >= 0.6 is 0 Å². The SMILES string of the molecule is CC(C)c1cccc(CCC(=O)O)c1N. The number of benzene rings is 1. The first-order valence-electron chi connectivity index (χ1n) is 5.11. The Hall–Kier alpha value is -1.51. The largest absolute Gasteiger partial charge is 0.481 e. The summed E-state index contributed by atoms with van der Waals surface area (Å²) in [5, 5.41) is 8.60. The fourth-order valence-corrected chi connectivity index (χ4v) is 1.60. The van der Waals surface area contributed by atoms with Crippen LogP contribution in [0, 0.1) is 0 Å². The molecule has 0 aliphatic heterocycles. The zero-order valence-corrected chi connectivity index (χ0v) is 9.16. The Morgan fingerprint density at radius 3 is 2.67 bits per heavy atom. The third-order valence-corrected chi connectivity index (χ3v) is 2.46. The van der Waals surface area contributed by atoms with Crippen molar-refractivity contribution in [3.8, 4) is 0 Å². The standard InChI is InChI=1S/C12H17NO2/c1-8(2)10-5-3-4-9(12(10)13)6-7-11(14)15/h3-5,8H,6-7,13H2,1-2H3,(H,14,15). The van der Waals surface area contributed by atoms with Gasteiger partial charge in [0.25, 0.3) is 0 Å². The molecule has 0 bridgehead atoms. The molecule has 0 spiro atoms. The van der Waals surface area contributed by atoms with Crippen LogP contribution in [0.15, 0.2) is 18.2 Å². The molecule has 1 rings (SSSR count).